The SMILES string of the molecule is C[C@H]1CCc2sc(C(=O)OCc3nc4ccc(Cl)cc4n3CCO)cc2C1. The number of imidazole rings is 1. The standard InChI is InChI=1S/C20H21ClN2O3S/c1-12-2-5-17-13(8-12)9-18(27-17)20(25)26-11-19-22-15-4-3-14(21)10-16(15)23(19)6-7-24/h3-4,9-10,12,24H,2,5-8,11H2,1H3/t12-/m0/s1. The summed E-state index contributed by atoms with van der Waals surface area (Å²) in [6.07, 6.45) is 3.25. The van der Waals surface area contributed by atoms with E-state index < -0.39 is 0 Å². The fourth-order valence-corrected chi connectivity index (χ4v) is 4.88. The van der Waals surface area contributed by atoms with Gasteiger partial charge in [0.25, 0.3) is 0 Å². The maximum Gasteiger partial charge on any atom is 0.348 e. The lowest BCUT2D eigenvalue weighted by Gasteiger charge is -2.16. The van der Waals surface area contributed by atoms with Crippen LogP contribution in [0.1, 0.15) is 39.3 Å². The number of carbonyl (C=O) groups is 1. The fourth-order valence-electron chi connectivity index (χ4n) is 3.61. The van der Waals surface area contributed by atoms with Gasteiger partial charge in [-0.1, -0.05) is 18.5 Å². The van der Waals surface area contributed by atoms with Crippen LogP contribution in [-0.4, -0.2) is 27.2 Å². The predicted octanol–water partition coefficient (Wildman–Crippen LogP) is 4.23. The summed E-state index contributed by atoms with van der Waals surface area (Å²) in [6.45, 7) is 2.64. The van der Waals surface area contributed by atoms with Crippen LogP contribution in [0.4, 0.5) is 0 Å². The molecule has 27 heavy (non-hydrogen) atoms. The minimum absolute atomic E-state index is 0.0330. The van der Waals surface area contributed by atoms with E-state index in [1.54, 1.807) is 23.5 Å². The molecule has 2 aromatic heterocycles. The topological polar surface area (TPSA) is 64.3 Å². The summed E-state index contributed by atoms with van der Waals surface area (Å²) in [5.41, 5.74) is 2.87. The summed E-state index contributed by atoms with van der Waals surface area (Å²) in [6, 6.07) is 7.38. The van der Waals surface area contributed by atoms with Crippen molar-refractivity contribution < 1.29 is 14.6 Å². The normalized spacial score (nSPS) is 16.5. The highest BCUT2D eigenvalue weighted by atomic mass is 35.5. The van der Waals surface area contributed by atoms with Crippen LogP contribution in [0.15, 0.2) is 24.3 Å². The molecular weight excluding hydrogens is 384 g/mol. The third kappa shape index (κ3) is 3.74. The Morgan fingerprint density at radius 3 is 3.11 bits per heavy atom. The van der Waals surface area contributed by atoms with E-state index in [0.717, 1.165) is 23.9 Å². The van der Waals surface area contributed by atoms with E-state index in [2.05, 4.69) is 11.9 Å². The third-order valence-corrected chi connectivity index (χ3v) is 6.43. The lowest BCUT2D eigenvalue weighted by atomic mass is 9.90. The Morgan fingerprint density at radius 2 is 2.30 bits per heavy atom. The molecule has 0 fully saturated rings. The molecule has 142 valence electrons. The molecule has 4 rings (SSSR count). The number of aromatic nitrogens is 2. The Kier molecular flexibility index (Phi) is 5.21. The number of ether oxygens (including phenoxy) is 1. The van der Waals surface area contributed by atoms with E-state index in [1.165, 1.54) is 16.9 Å². The maximum absolute atomic E-state index is 12.5. The summed E-state index contributed by atoms with van der Waals surface area (Å²) >= 11 is 7.62. The van der Waals surface area contributed by atoms with Crippen molar-refractivity contribution in [2.45, 2.75) is 39.3 Å². The molecule has 0 radical (unpaired) electrons. The van der Waals surface area contributed by atoms with Gasteiger partial charge in [-0.25, -0.2) is 9.78 Å². The van der Waals surface area contributed by atoms with Crippen LogP contribution in [0.2, 0.25) is 5.02 Å². The number of benzene rings is 1. The van der Waals surface area contributed by atoms with Gasteiger partial charge in [0, 0.05) is 16.4 Å². The van der Waals surface area contributed by atoms with Crippen molar-refractivity contribution in [2.75, 3.05) is 6.61 Å². The molecule has 0 amide bonds. The lowest BCUT2D eigenvalue weighted by molar-refractivity contribution is 0.0463. The second-order valence-corrected chi connectivity index (χ2v) is 8.59. The molecule has 3 aromatic rings. The molecule has 1 aromatic carbocycles. The molecule has 0 bridgehead atoms. The molecule has 1 aliphatic rings. The number of carbonyl (C=O) groups excluding carboxylic acids is 1. The van der Waals surface area contributed by atoms with Gasteiger partial charge >= 0.3 is 5.97 Å². The van der Waals surface area contributed by atoms with Gasteiger partial charge in [-0.15, -0.1) is 11.3 Å². The number of nitrogens with zero attached hydrogens (tertiary/aromatic N) is 2. The van der Waals surface area contributed by atoms with Gasteiger partial charge in [0.05, 0.1) is 17.6 Å². The number of thiophene rings is 1. The van der Waals surface area contributed by atoms with Gasteiger partial charge in [-0.2, -0.15) is 0 Å². The molecule has 0 saturated carbocycles. The van der Waals surface area contributed by atoms with E-state index >= 15 is 0 Å². The summed E-state index contributed by atoms with van der Waals surface area (Å²) < 4.78 is 7.38. The van der Waals surface area contributed by atoms with Crippen LogP contribution in [-0.2, 0) is 30.7 Å². The van der Waals surface area contributed by atoms with E-state index in [4.69, 9.17) is 16.3 Å². The Balaban J connectivity index is 1.53. The van der Waals surface area contributed by atoms with Crippen molar-refractivity contribution in [3.05, 3.63) is 50.4 Å². The molecular formula is C20H21ClN2O3S. The Hall–Kier alpha value is -1.89. The molecule has 1 N–H and O–H groups in total. The third-order valence-electron chi connectivity index (χ3n) is 4.98. The van der Waals surface area contributed by atoms with Crippen molar-refractivity contribution in [1.82, 2.24) is 9.55 Å². The number of halogens is 1. The van der Waals surface area contributed by atoms with Crippen LogP contribution in [0.25, 0.3) is 11.0 Å². The molecule has 0 saturated heterocycles. The van der Waals surface area contributed by atoms with Crippen molar-refractivity contribution in [1.29, 1.82) is 0 Å². The van der Waals surface area contributed by atoms with Crippen LogP contribution in [0.3, 0.4) is 0 Å². The molecule has 2 heterocycles. The minimum Gasteiger partial charge on any atom is -0.453 e. The number of fused-ring (bicyclic) bond motifs is 2. The predicted molar refractivity (Wildman–Crippen MR) is 106 cm³/mol. The highest BCUT2D eigenvalue weighted by Gasteiger charge is 2.22. The Bertz CT molecular complexity index is 995. The number of aliphatic hydroxyl groups is 1. The first kappa shape index (κ1) is 18.5. The average molecular weight is 405 g/mol. The first-order valence-electron chi connectivity index (χ1n) is 9.09. The second kappa shape index (κ2) is 7.62. The van der Waals surface area contributed by atoms with Gasteiger partial charge in [0.1, 0.15) is 17.3 Å². The van der Waals surface area contributed by atoms with E-state index in [9.17, 15) is 9.90 Å². The van der Waals surface area contributed by atoms with Crippen LogP contribution < -0.4 is 0 Å². The molecule has 7 heteroatoms. The second-order valence-electron chi connectivity index (χ2n) is 7.02. The lowest BCUT2D eigenvalue weighted by Crippen LogP contribution is -2.11. The molecule has 0 aliphatic heterocycles. The quantitative estimate of drug-likeness (QED) is 0.646. The Morgan fingerprint density at radius 1 is 1.44 bits per heavy atom. The molecule has 0 unspecified atom stereocenters. The molecule has 1 aliphatic carbocycles. The van der Waals surface area contributed by atoms with Crippen molar-refractivity contribution in [2.24, 2.45) is 5.92 Å². The smallest absolute Gasteiger partial charge is 0.348 e. The van der Waals surface area contributed by atoms with Crippen LogP contribution in [0, 0.1) is 5.92 Å². The van der Waals surface area contributed by atoms with Gasteiger partial charge in [0.15, 0.2) is 0 Å². The van der Waals surface area contributed by atoms with Gasteiger partial charge < -0.3 is 14.4 Å². The monoisotopic (exact) mass is 404 g/mol. The zero-order valence-electron chi connectivity index (χ0n) is 15.1. The van der Waals surface area contributed by atoms with E-state index in [1.807, 2.05) is 16.7 Å². The summed E-state index contributed by atoms with van der Waals surface area (Å²) in [5.74, 6) is 0.952. The first-order valence-corrected chi connectivity index (χ1v) is 10.3. The number of hydrogen-bond donors (Lipinski definition) is 1. The minimum atomic E-state index is -0.317. The number of aliphatic hydroxyl groups excluding tert-OH is 1. The van der Waals surface area contributed by atoms with Crippen molar-refractivity contribution in [3.63, 3.8) is 0 Å². The highest BCUT2D eigenvalue weighted by molar-refractivity contribution is 7.14. The average Bonchev–Trinajstić information content (AvgIpc) is 3.21. The van der Waals surface area contributed by atoms with Crippen molar-refractivity contribution >= 4 is 39.9 Å². The molecule has 5 nitrogen and oxygen atoms in total. The van der Waals surface area contributed by atoms with Gasteiger partial charge in [-0.3, -0.25) is 0 Å². The summed E-state index contributed by atoms with van der Waals surface area (Å²) in [5, 5.41) is 9.97. The maximum atomic E-state index is 12.5. The van der Waals surface area contributed by atoms with Crippen LogP contribution >= 0.6 is 22.9 Å². The number of esters is 1. The van der Waals surface area contributed by atoms with Gasteiger partial charge in [0.2, 0.25) is 0 Å². The largest absolute Gasteiger partial charge is 0.453 e. The fraction of sp³-hybridized carbons (Fsp3) is 0.400. The number of aryl methyl sites for hydroxylation is 1. The van der Waals surface area contributed by atoms with E-state index in [-0.39, 0.29) is 19.2 Å². The zero-order chi connectivity index (χ0) is 19.0. The van der Waals surface area contributed by atoms with Gasteiger partial charge in [-0.05, 0) is 55.0 Å². The number of rotatable bonds is 5. The Labute approximate surface area is 166 Å². The first-order chi connectivity index (χ1) is 13.0. The van der Waals surface area contributed by atoms with Crippen molar-refractivity contribution in [3.8, 4) is 0 Å². The zero-order valence-corrected chi connectivity index (χ0v) is 16.6. The summed E-state index contributed by atoms with van der Waals surface area (Å²) in [7, 11) is 0. The van der Waals surface area contributed by atoms with E-state index in [0.29, 0.717) is 28.2 Å². The van der Waals surface area contributed by atoms with Crippen LogP contribution in [0.5, 0.6) is 0 Å². The molecule has 0 spiro atoms. The molecule has 1 atom stereocenters. The summed E-state index contributed by atoms with van der Waals surface area (Å²) in [4.78, 5) is 19.0. The number of hydrogen-bond acceptors (Lipinski definition) is 5. The highest BCUT2D eigenvalue weighted by Crippen LogP contribution is 2.32.